The highest BCUT2D eigenvalue weighted by molar-refractivity contribution is 7.20. The number of rotatable bonds is 2. The summed E-state index contributed by atoms with van der Waals surface area (Å²) in [7, 11) is 0. The van der Waals surface area contributed by atoms with Gasteiger partial charge in [0.2, 0.25) is 5.13 Å². The van der Waals surface area contributed by atoms with Gasteiger partial charge in [0.1, 0.15) is 5.76 Å². The van der Waals surface area contributed by atoms with Gasteiger partial charge in [0, 0.05) is 34.9 Å². The molecule has 0 unspecified atom stereocenters. The highest BCUT2D eigenvalue weighted by Crippen LogP contribution is 2.55. The monoisotopic (exact) mass is 453 g/mol. The van der Waals surface area contributed by atoms with Gasteiger partial charge in [0.15, 0.2) is 0 Å². The molecule has 0 saturated carbocycles. The Morgan fingerprint density at radius 1 is 1.24 bits per heavy atom. The fraction of sp³-hybridized carbons (Fsp3) is 0.308. The summed E-state index contributed by atoms with van der Waals surface area (Å²) in [5.41, 5.74) is 5.33. The van der Waals surface area contributed by atoms with E-state index < -0.39 is 0 Å². The molecule has 4 aromatic rings. The lowest BCUT2D eigenvalue weighted by Crippen LogP contribution is -2.45. The Kier molecular flexibility index (Phi) is 4.43. The maximum atomic E-state index is 10.7. The number of hydrogen-bond acceptors (Lipinski definition) is 6. The lowest BCUT2D eigenvalue weighted by molar-refractivity contribution is 0.134. The van der Waals surface area contributed by atoms with Crippen molar-refractivity contribution in [3.63, 3.8) is 0 Å². The fourth-order valence-electron chi connectivity index (χ4n) is 5.93. The van der Waals surface area contributed by atoms with Crippen molar-refractivity contribution >= 4 is 21.6 Å². The molecule has 1 aromatic carbocycles. The number of nitrogens with zero attached hydrogens (tertiary/aromatic N) is 5. The van der Waals surface area contributed by atoms with Crippen LogP contribution in [0, 0.1) is 23.2 Å². The van der Waals surface area contributed by atoms with Crippen LogP contribution in [0.25, 0.3) is 26.6 Å². The van der Waals surface area contributed by atoms with Crippen molar-refractivity contribution < 1.29 is 5.11 Å². The number of hydrogen-bond donors (Lipinski definition) is 1. The first-order valence-corrected chi connectivity index (χ1v) is 12.0. The molecule has 0 fully saturated rings. The first-order valence-electron chi connectivity index (χ1n) is 11.2. The molecule has 33 heavy (non-hydrogen) atoms. The number of thiazole rings is 1. The molecule has 2 aliphatic carbocycles. The average molecular weight is 454 g/mol. The van der Waals surface area contributed by atoms with Gasteiger partial charge in [0.05, 0.1) is 33.2 Å². The molecule has 1 N–H and O–H groups in total. The Balaban J connectivity index is 1.64. The Morgan fingerprint density at radius 2 is 2.09 bits per heavy atom. The second-order valence-electron chi connectivity index (χ2n) is 9.30. The minimum absolute atomic E-state index is 0.0768. The quantitative estimate of drug-likeness (QED) is 0.418. The third-order valence-corrected chi connectivity index (χ3v) is 8.48. The van der Waals surface area contributed by atoms with Crippen LogP contribution in [-0.4, -0.2) is 24.9 Å². The van der Waals surface area contributed by atoms with Gasteiger partial charge in [-0.1, -0.05) is 37.3 Å². The number of benzene rings is 1. The second kappa shape index (κ2) is 7.26. The van der Waals surface area contributed by atoms with Gasteiger partial charge in [-0.2, -0.15) is 10.4 Å². The van der Waals surface area contributed by atoms with Crippen LogP contribution in [0.1, 0.15) is 37.9 Å². The summed E-state index contributed by atoms with van der Waals surface area (Å²) in [6.45, 7) is 4.27. The summed E-state index contributed by atoms with van der Waals surface area (Å²) in [5, 5.41) is 26.5. The lowest BCUT2D eigenvalue weighted by atomic mass is 9.56. The minimum atomic E-state index is -0.338. The van der Waals surface area contributed by atoms with Gasteiger partial charge in [-0.05, 0) is 49.4 Å². The molecule has 0 saturated heterocycles. The van der Waals surface area contributed by atoms with Crippen molar-refractivity contribution in [1.29, 1.82) is 5.26 Å². The van der Waals surface area contributed by atoms with Crippen LogP contribution < -0.4 is 0 Å². The summed E-state index contributed by atoms with van der Waals surface area (Å²) < 4.78 is 3.13. The van der Waals surface area contributed by atoms with E-state index >= 15 is 0 Å². The molecule has 3 atom stereocenters. The summed E-state index contributed by atoms with van der Waals surface area (Å²) in [6.07, 6.45) is 5.93. The van der Waals surface area contributed by atoms with E-state index in [2.05, 4.69) is 24.0 Å². The van der Waals surface area contributed by atoms with Crippen LogP contribution in [0.5, 0.6) is 0 Å². The number of aromatic nitrogens is 4. The number of para-hydroxylation sites is 1. The summed E-state index contributed by atoms with van der Waals surface area (Å²) >= 11 is 1.63. The molecule has 0 spiro atoms. The SMILES string of the molecule is C[C@H]1C(O)=C(C#N)C[C@@]2(C)c3c(c(-c4cccnc4)nn3-c3nc4ccccc4s3)CC[C@H]12. The second-order valence-corrected chi connectivity index (χ2v) is 10.3. The van der Waals surface area contributed by atoms with E-state index in [-0.39, 0.29) is 23.0 Å². The molecule has 0 amide bonds. The summed E-state index contributed by atoms with van der Waals surface area (Å²) in [6, 6.07) is 14.4. The minimum Gasteiger partial charge on any atom is -0.511 e. The van der Waals surface area contributed by atoms with Crippen LogP contribution in [0.15, 0.2) is 60.1 Å². The lowest BCUT2D eigenvalue weighted by Gasteiger charge is -2.47. The molecule has 164 valence electrons. The molecular formula is C26H23N5OS. The van der Waals surface area contributed by atoms with Crippen molar-refractivity contribution in [3.05, 3.63) is 71.4 Å². The van der Waals surface area contributed by atoms with E-state index in [0.29, 0.717) is 12.0 Å². The van der Waals surface area contributed by atoms with E-state index in [1.54, 1.807) is 17.5 Å². The highest BCUT2D eigenvalue weighted by atomic mass is 32.1. The van der Waals surface area contributed by atoms with Crippen molar-refractivity contribution in [1.82, 2.24) is 19.7 Å². The van der Waals surface area contributed by atoms with E-state index in [1.807, 2.05) is 48.1 Å². The van der Waals surface area contributed by atoms with Crippen molar-refractivity contribution in [3.8, 4) is 22.5 Å². The number of nitriles is 1. The van der Waals surface area contributed by atoms with Crippen LogP contribution in [-0.2, 0) is 11.8 Å². The predicted molar refractivity (Wildman–Crippen MR) is 128 cm³/mol. The van der Waals surface area contributed by atoms with Crippen molar-refractivity contribution in [2.75, 3.05) is 0 Å². The van der Waals surface area contributed by atoms with Crippen LogP contribution in [0.3, 0.4) is 0 Å². The predicted octanol–water partition coefficient (Wildman–Crippen LogP) is 5.74. The highest BCUT2D eigenvalue weighted by Gasteiger charge is 2.51. The number of aliphatic hydroxyl groups excluding tert-OH is 1. The first kappa shape index (κ1) is 20.1. The average Bonchev–Trinajstić information content (AvgIpc) is 3.44. The molecule has 6 rings (SSSR count). The maximum absolute atomic E-state index is 10.7. The number of aliphatic hydroxyl groups is 1. The fourth-order valence-corrected chi connectivity index (χ4v) is 6.85. The Bertz CT molecular complexity index is 1430. The third kappa shape index (κ3) is 2.87. The van der Waals surface area contributed by atoms with E-state index in [9.17, 15) is 10.4 Å². The summed E-state index contributed by atoms with van der Waals surface area (Å²) in [4.78, 5) is 9.24. The smallest absolute Gasteiger partial charge is 0.211 e. The Morgan fingerprint density at radius 3 is 2.85 bits per heavy atom. The van der Waals surface area contributed by atoms with Crippen molar-refractivity contribution in [2.24, 2.45) is 11.8 Å². The number of fused-ring (bicyclic) bond motifs is 4. The van der Waals surface area contributed by atoms with Gasteiger partial charge in [0.25, 0.3) is 0 Å². The normalized spacial score (nSPS) is 24.4. The molecule has 2 aliphatic rings. The molecule has 3 heterocycles. The van der Waals surface area contributed by atoms with Gasteiger partial charge < -0.3 is 5.11 Å². The first-order chi connectivity index (χ1) is 16.0. The number of allylic oxidation sites excluding steroid dienone is 2. The zero-order chi connectivity index (χ0) is 22.7. The van der Waals surface area contributed by atoms with Crippen LogP contribution in [0.2, 0.25) is 0 Å². The van der Waals surface area contributed by atoms with E-state index in [0.717, 1.165) is 45.1 Å². The molecule has 7 heteroatoms. The summed E-state index contributed by atoms with van der Waals surface area (Å²) in [5.74, 6) is 0.391. The Hall–Kier alpha value is -3.50. The van der Waals surface area contributed by atoms with E-state index in [4.69, 9.17) is 10.1 Å². The molecular weight excluding hydrogens is 430 g/mol. The van der Waals surface area contributed by atoms with Gasteiger partial charge in [-0.25, -0.2) is 9.67 Å². The zero-order valence-corrected chi connectivity index (χ0v) is 19.3. The number of pyridine rings is 1. The van der Waals surface area contributed by atoms with E-state index in [1.165, 1.54) is 5.56 Å². The molecule has 6 nitrogen and oxygen atoms in total. The maximum Gasteiger partial charge on any atom is 0.211 e. The van der Waals surface area contributed by atoms with Crippen molar-refractivity contribution in [2.45, 2.75) is 38.5 Å². The van der Waals surface area contributed by atoms with Gasteiger partial charge >= 0.3 is 0 Å². The molecule has 3 aromatic heterocycles. The van der Waals surface area contributed by atoms with Gasteiger partial charge in [-0.15, -0.1) is 0 Å². The zero-order valence-electron chi connectivity index (χ0n) is 18.5. The topological polar surface area (TPSA) is 87.6 Å². The largest absolute Gasteiger partial charge is 0.511 e. The standard InChI is InChI=1S/C26H23N5OS/c1-15-19-10-9-18-22(16-6-5-11-28-14-16)30-31(25-29-20-7-3-4-8-21(20)33-25)24(18)26(19,2)12-17(13-27)23(15)32/h3-8,11,14-15,19,32H,9-10,12H2,1-2H3/t15-,19-,26-/m1/s1. The van der Waals surface area contributed by atoms with Crippen LogP contribution >= 0.6 is 11.3 Å². The third-order valence-electron chi connectivity index (χ3n) is 7.47. The van der Waals surface area contributed by atoms with Gasteiger partial charge in [-0.3, -0.25) is 4.98 Å². The molecule has 0 radical (unpaired) electrons. The molecule has 0 aliphatic heterocycles. The molecule has 0 bridgehead atoms. The van der Waals surface area contributed by atoms with Crippen LogP contribution in [0.4, 0.5) is 0 Å². The Labute approximate surface area is 195 Å².